The molecule has 1 aromatic heterocycles. The van der Waals surface area contributed by atoms with Gasteiger partial charge in [0.2, 0.25) is 5.91 Å². The van der Waals surface area contributed by atoms with Crippen molar-refractivity contribution in [1.29, 1.82) is 0 Å². The highest BCUT2D eigenvalue weighted by atomic mass is 16.3. The number of H-pyrrole nitrogens is 1. The van der Waals surface area contributed by atoms with Crippen LogP contribution in [0.4, 0.5) is 0 Å². The number of aliphatic hydroxyl groups is 1. The van der Waals surface area contributed by atoms with Crippen LogP contribution in [0.25, 0.3) is 0 Å². The number of β-amino-alcohol motifs (C(OH)–C–C–N with tert-alkyl or cyclic N) is 1. The van der Waals surface area contributed by atoms with E-state index in [9.17, 15) is 9.90 Å². The van der Waals surface area contributed by atoms with Crippen LogP contribution in [-0.4, -0.2) is 69.3 Å². The molecule has 128 valence electrons. The van der Waals surface area contributed by atoms with E-state index in [1.165, 1.54) is 12.8 Å². The molecule has 1 amide bonds. The minimum atomic E-state index is -0.721. The number of aromatic nitrogens is 2. The van der Waals surface area contributed by atoms with Gasteiger partial charge in [0, 0.05) is 25.2 Å². The molecule has 2 aliphatic rings. The second kappa shape index (κ2) is 6.61. The molecule has 2 saturated heterocycles. The lowest BCUT2D eigenvalue weighted by molar-refractivity contribution is -0.131. The van der Waals surface area contributed by atoms with E-state index < -0.39 is 5.60 Å². The first-order valence-electron chi connectivity index (χ1n) is 8.70. The summed E-state index contributed by atoms with van der Waals surface area (Å²) in [6, 6.07) is 0. The first-order valence-corrected chi connectivity index (χ1v) is 8.70. The summed E-state index contributed by atoms with van der Waals surface area (Å²) in [6.45, 7) is 7.97. The lowest BCUT2D eigenvalue weighted by Gasteiger charge is -2.28. The van der Waals surface area contributed by atoms with Crippen LogP contribution in [-0.2, 0) is 11.2 Å². The van der Waals surface area contributed by atoms with Crippen LogP contribution in [0.3, 0.4) is 0 Å². The average molecular weight is 320 g/mol. The predicted octanol–water partition coefficient (Wildman–Crippen LogP) is 1.02. The van der Waals surface area contributed by atoms with Crippen LogP contribution in [0.2, 0.25) is 0 Å². The maximum absolute atomic E-state index is 12.5. The Balaban J connectivity index is 1.51. The van der Waals surface area contributed by atoms with Crippen LogP contribution in [0, 0.1) is 13.8 Å². The Morgan fingerprint density at radius 2 is 2.04 bits per heavy atom. The van der Waals surface area contributed by atoms with Gasteiger partial charge in [0.1, 0.15) is 0 Å². The summed E-state index contributed by atoms with van der Waals surface area (Å²) in [7, 11) is 0. The van der Waals surface area contributed by atoms with Crippen molar-refractivity contribution < 1.29 is 9.90 Å². The number of hydrogen-bond donors (Lipinski definition) is 2. The Morgan fingerprint density at radius 3 is 2.70 bits per heavy atom. The summed E-state index contributed by atoms with van der Waals surface area (Å²) in [5.41, 5.74) is 2.44. The smallest absolute Gasteiger partial charge is 0.223 e. The molecule has 2 aliphatic heterocycles. The molecule has 6 heteroatoms. The minimum absolute atomic E-state index is 0.141. The van der Waals surface area contributed by atoms with Gasteiger partial charge in [0.05, 0.1) is 17.8 Å². The largest absolute Gasteiger partial charge is 0.387 e. The van der Waals surface area contributed by atoms with Gasteiger partial charge >= 0.3 is 0 Å². The molecule has 23 heavy (non-hydrogen) atoms. The van der Waals surface area contributed by atoms with Crippen molar-refractivity contribution in [2.75, 3.05) is 32.7 Å². The van der Waals surface area contributed by atoms with E-state index in [-0.39, 0.29) is 5.91 Å². The van der Waals surface area contributed by atoms with Crippen molar-refractivity contribution in [1.82, 2.24) is 20.0 Å². The van der Waals surface area contributed by atoms with Gasteiger partial charge in [0.25, 0.3) is 0 Å². The topological polar surface area (TPSA) is 72.5 Å². The normalized spacial score (nSPS) is 25.4. The van der Waals surface area contributed by atoms with E-state index in [1.54, 1.807) is 0 Å². The highest BCUT2D eigenvalue weighted by Gasteiger charge is 2.39. The minimum Gasteiger partial charge on any atom is -0.387 e. The molecule has 0 aromatic carbocycles. The monoisotopic (exact) mass is 320 g/mol. The number of carbonyl (C=O) groups is 1. The fraction of sp³-hybridized carbons (Fsp3) is 0.765. The predicted molar refractivity (Wildman–Crippen MR) is 88.2 cm³/mol. The zero-order valence-electron chi connectivity index (χ0n) is 14.3. The second-order valence-corrected chi connectivity index (χ2v) is 7.19. The molecule has 0 saturated carbocycles. The summed E-state index contributed by atoms with van der Waals surface area (Å²) in [6.07, 6.45) is 4.35. The van der Waals surface area contributed by atoms with Crippen molar-refractivity contribution in [3.8, 4) is 0 Å². The maximum atomic E-state index is 12.5. The molecule has 2 N–H and O–H groups in total. The third kappa shape index (κ3) is 3.75. The van der Waals surface area contributed by atoms with Gasteiger partial charge in [-0.15, -0.1) is 0 Å². The number of amides is 1. The molecular weight excluding hydrogens is 292 g/mol. The molecule has 1 aromatic rings. The van der Waals surface area contributed by atoms with E-state index in [1.807, 2.05) is 18.7 Å². The number of aromatic amines is 1. The zero-order chi connectivity index (χ0) is 16.4. The fourth-order valence-electron chi connectivity index (χ4n) is 3.89. The van der Waals surface area contributed by atoms with Crippen molar-refractivity contribution in [2.24, 2.45) is 0 Å². The van der Waals surface area contributed by atoms with Gasteiger partial charge in [-0.05, 0) is 58.2 Å². The molecule has 1 atom stereocenters. The van der Waals surface area contributed by atoms with Crippen LogP contribution < -0.4 is 0 Å². The summed E-state index contributed by atoms with van der Waals surface area (Å²) in [5, 5.41) is 17.9. The molecule has 0 spiro atoms. The molecule has 1 unspecified atom stereocenters. The Bertz CT molecular complexity index is 545. The highest BCUT2D eigenvalue weighted by Crippen LogP contribution is 2.25. The SMILES string of the molecule is Cc1n[nH]c(C)c1CCC(=O)N1CCC(O)(CN2CCCC2)C1. The zero-order valence-corrected chi connectivity index (χ0v) is 14.3. The molecule has 3 heterocycles. The van der Waals surface area contributed by atoms with E-state index >= 15 is 0 Å². The van der Waals surface area contributed by atoms with Gasteiger partial charge in [0.15, 0.2) is 0 Å². The van der Waals surface area contributed by atoms with Gasteiger partial charge in [-0.2, -0.15) is 5.10 Å². The first kappa shape index (κ1) is 16.5. The molecule has 2 fully saturated rings. The van der Waals surface area contributed by atoms with Crippen LogP contribution in [0.1, 0.15) is 42.6 Å². The van der Waals surface area contributed by atoms with Crippen molar-refractivity contribution in [2.45, 2.75) is 51.6 Å². The van der Waals surface area contributed by atoms with Crippen molar-refractivity contribution in [3.63, 3.8) is 0 Å². The standard InChI is InChI=1S/C17H28N4O2/c1-13-15(14(2)19-18-13)5-6-16(22)21-10-7-17(23,12-21)11-20-8-3-4-9-20/h23H,3-12H2,1-2H3,(H,18,19). The number of likely N-dealkylation sites (tertiary alicyclic amines) is 2. The summed E-state index contributed by atoms with van der Waals surface area (Å²) in [5.74, 6) is 0.141. The van der Waals surface area contributed by atoms with Crippen molar-refractivity contribution in [3.05, 3.63) is 17.0 Å². The molecule has 3 rings (SSSR count). The quantitative estimate of drug-likeness (QED) is 0.849. The molecular formula is C17H28N4O2. The van der Waals surface area contributed by atoms with Gasteiger partial charge in [-0.25, -0.2) is 0 Å². The number of rotatable bonds is 5. The number of nitrogens with one attached hydrogen (secondary N) is 1. The Hall–Kier alpha value is -1.40. The van der Waals surface area contributed by atoms with Gasteiger partial charge in [-0.3, -0.25) is 9.89 Å². The highest BCUT2D eigenvalue weighted by molar-refractivity contribution is 5.77. The van der Waals surface area contributed by atoms with E-state index in [4.69, 9.17) is 0 Å². The summed E-state index contributed by atoms with van der Waals surface area (Å²) >= 11 is 0. The lowest BCUT2D eigenvalue weighted by Crippen LogP contribution is -2.45. The van der Waals surface area contributed by atoms with Gasteiger partial charge < -0.3 is 14.9 Å². The summed E-state index contributed by atoms with van der Waals surface area (Å²) < 4.78 is 0. The van der Waals surface area contributed by atoms with Crippen LogP contribution in [0.5, 0.6) is 0 Å². The fourth-order valence-corrected chi connectivity index (χ4v) is 3.89. The number of nitrogens with zero attached hydrogens (tertiary/aromatic N) is 3. The molecule has 6 nitrogen and oxygen atoms in total. The molecule has 0 radical (unpaired) electrons. The third-order valence-corrected chi connectivity index (χ3v) is 5.27. The number of hydrogen-bond acceptors (Lipinski definition) is 4. The lowest BCUT2D eigenvalue weighted by atomic mass is 10.0. The number of carbonyl (C=O) groups excluding carboxylic acids is 1. The Labute approximate surface area is 137 Å². The van der Waals surface area contributed by atoms with E-state index in [0.717, 1.165) is 30.0 Å². The second-order valence-electron chi connectivity index (χ2n) is 7.19. The Morgan fingerprint density at radius 1 is 1.30 bits per heavy atom. The van der Waals surface area contributed by atoms with E-state index in [2.05, 4.69) is 15.1 Å². The van der Waals surface area contributed by atoms with Gasteiger partial charge in [-0.1, -0.05) is 0 Å². The molecule has 0 aliphatic carbocycles. The number of aryl methyl sites for hydroxylation is 2. The van der Waals surface area contributed by atoms with Crippen molar-refractivity contribution >= 4 is 5.91 Å². The average Bonchev–Trinajstić information content (AvgIpc) is 3.21. The summed E-state index contributed by atoms with van der Waals surface area (Å²) in [4.78, 5) is 16.6. The Kier molecular flexibility index (Phi) is 4.73. The third-order valence-electron chi connectivity index (χ3n) is 5.27. The first-order chi connectivity index (χ1) is 11.0. The van der Waals surface area contributed by atoms with Crippen LogP contribution in [0.15, 0.2) is 0 Å². The van der Waals surface area contributed by atoms with E-state index in [0.29, 0.717) is 38.9 Å². The maximum Gasteiger partial charge on any atom is 0.223 e. The van der Waals surface area contributed by atoms with Crippen LogP contribution >= 0.6 is 0 Å². The molecule has 0 bridgehead atoms.